The smallest absolute Gasteiger partial charge is 0.223 e. The minimum atomic E-state index is -0.603. The highest BCUT2D eigenvalue weighted by Crippen LogP contribution is 2.29. The molecular formula is C14H19ClF2N2O. The summed E-state index contributed by atoms with van der Waals surface area (Å²) in [5, 5.41) is 0. The van der Waals surface area contributed by atoms with E-state index in [1.54, 1.807) is 4.90 Å². The van der Waals surface area contributed by atoms with E-state index in [9.17, 15) is 13.6 Å². The van der Waals surface area contributed by atoms with E-state index in [4.69, 9.17) is 5.73 Å². The summed E-state index contributed by atoms with van der Waals surface area (Å²) in [7, 11) is 0. The molecule has 6 heteroatoms. The van der Waals surface area contributed by atoms with Crippen LogP contribution in [0, 0.1) is 11.6 Å². The largest absolute Gasteiger partial charge is 0.335 e. The Labute approximate surface area is 123 Å². The monoisotopic (exact) mass is 304 g/mol. The third kappa shape index (κ3) is 4.42. The fourth-order valence-electron chi connectivity index (χ4n) is 2.04. The molecule has 0 aromatic heterocycles. The number of hydrogen-bond donors (Lipinski definition) is 1. The van der Waals surface area contributed by atoms with E-state index in [1.165, 1.54) is 12.1 Å². The lowest BCUT2D eigenvalue weighted by Gasteiger charge is -2.22. The van der Waals surface area contributed by atoms with Gasteiger partial charge in [0, 0.05) is 30.6 Å². The molecule has 0 atom stereocenters. The zero-order valence-corrected chi connectivity index (χ0v) is 12.0. The van der Waals surface area contributed by atoms with Gasteiger partial charge in [0.2, 0.25) is 5.91 Å². The number of carbonyl (C=O) groups is 1. The van der Waals surface area contributed by atoms with Crippen molar-refractivity contribution in [3.63, 3.8) is 0 Å². The number of nitrogens with zero attached hydrogens (tertiary/aromatic N) is 1. The number of amides is 1. The first-order valence-corrected chi connectivity index (χ1v) is 6.55. The van der Waals surface area contributed by atoms with Gasteiger partial charge in [0.05, 0.1) is 0 Å². The van der Waals surface area contributed by atoms with Gasteiger partial charge in [-0.15, -0.1) is 12.4 Å². The molecule has 1 aliphatic carbocycles. The molecule has 20 heavy (non-hydrogen) atoms. The molecule has 0 unspecified atom stereocenters. The van der Waals surface area contributed by atoms with Gasteiger partial charge in [0.1, 0.15) is 11.6 Å². The normalized spacial score (nSPS) is 13.8. The van der Waals surface area contributed by atoms with Crippen molar-refractivity contribution < 1.29 is 13.6 Å². The SMILES string of the molecule is Cl.NCCCC(=O)N(Cc1ccc(F)cc1F)C1CC1. The zero-order valence-electron chi connectivity index (χ0n) is 11.1. The molecule has 1 saturated carbocycles. The maximum absolute atomic E-state index is 13.6. The molecule has 1 fully saturated rings. The molecule has 112 valence electrons. The topological polar surface area (TPSA) is 46.3 Å². The zero-order chi connectivity index (χ0) is 13.8. The summed E-state index contributed by atoms with van der Waals surface area (Å²) in [6.45, 7) is 0.676. The van der Waals surface area contributed by atoms with Crippen molar-refractivity contribution in [1.82, 2.24) is 4.90 Å². The molecular weight excluding hydrogens is 286 g/mol. The highest BCUT2D eigenvalue weighted by molar-refractivity contribution is 5.85. The van der Waals surface area contributed by atoms with Gasteiger partial charge in [0.15, 0.2) is 0 Å². The molecule has 0 spiro atoms. The second-order valence-electron chi connectivity index (χ2n) is 4.88. The van der Waals surface area contributed by atoms with Crippen molar-refractivity contribution in [2.45, 2.75) is 38.3 Å². The van der Waals surface area contributed by atoms with Gasteiger partial charge in [0.25, 0.3) is 0 Å². The molecule has 0 heterocycles. The lowest BCUT2D eigenvalue weighted by molar-refractivity contribution is -0.132. The van der Waals surface area contributed by atoms with Crippen LogP contribution in [-0.4, -0.2) is 23.4 Å². The lowest BCUT2D eigenvalue weighted by atomic mass is 10.1. The Morgan fingerprint density at radius 2 is 2.05 bits per heavy atom. The molecule has 0 saturated heterocycles. The van der Waals surface area contributed by atoms with Gasteiger partial charge in [-0.05, 0) is 31.9 Å². The number of halogens is 3. The summed E-state index contributed by atoms with van der Waals surface area (Å²) in [4.78, 5) is 13.7. The molecule has 0 bridgehead atoms. The van der Waals surface area contributed by atoms with E-state index in [-0.39, 0.29) is 30.9 Å². The van der Waals surface area contributed by atoms with Gasteiger partial charge in [-0.25, -0.2) is 8.78 Å². The fraction of sp³-hybridized carbons (Fsp3) is 0.500. The number of rotatable bonds is 6. The first kappa shape index (κ1) is 16.9. The maximum Gasteiger partial charge on any atom is 0.223 e. The van der Waals surface area contributed by atoms with Crippen LogP contribution >= 0.6 is 12.4 Å². The highest BCUT2D eigenvalue weighted by Gasteiger charge is 2.32. The van der Waals surface area contributed by atoms with E-state index < -0.39 is 11.6 Å². The quantitative estimate of drug-likeness (QED) is 0.878. The van der Waals surface area contributed by atoms with E-state index in [1.807, 2.05) is 0 Å². The number of nitrogens with two attached hydrogens (primary N) is 1. The van der Waals surface area contributed by atoms with Gasteiger partial charge >= 0.3 is 0 Å². The van der Waals surface area contributed by atoms with E-state index in [2.05, 4.69) is 0 Å². The predicted octanol–water partition coefficient (Wildman–Crippen LogP) is 2.62. The molecule has 2 rings (SSSR count). The van der Waals surface area contributed by atoms with Gasteiger partial charge in [-0.1, -0.05) is 6.07 Å². The predicted molar refractivity (Wildman–Crippen MR) is 75.5 cm³/mol. The van der Waals surface area contributed by atoms with Crippen LogP contribution in [0.4, 0.5) is 8.78 Å². The maximum atomic E-state index is 13.6. The summed E-state index contributed by atoms with van der Waals surface area (Å²) in [5.41, 5.74) is 5.75. The minimum absolute atomic E-state index is 0. The van der Waals surface area contributed by atoms with E-state index >= 15 is 0 Å². The Balaban J connectivity index is 0.00000200. The van der Waals surface area contributed by atoms with Gasteiger partial charge in [-0.3, -0.25) is 4.79 Å². The molecule has 1 amide bonds. The summed E-state index contributed by atoms with van der Waals surface area (Å²) >= 11 is 0. The Morgan fingerprint density at radius 3 is 2.60 bits per heavy atom. The van der Waals surface area contributed by atoms with Crippen molar-refractivity contribution in [3.8, 4) is 0 Å². The van der Waals surface area contributed by atoms with Crippen LogP contribution in [0.2, 0.25) is 0 Å². The highest BCUT2D eigenvalue weighted by atomic mass is 35.5. The van der Waals surface area contributed by atoms with Crippen molar-refractivity contribution in [1.29, 1.82) is 0 Å². The minimum Gasteiger partial charge on any atom is -0.335 e. The Bertz CT molecular complexity index is 466. The first-order chi connectivity index (χ1) is 9.11. The molecule has 1 aromatic carbocycles. The molecule has 0 radical (unpaired) electrons. The van der Waals surface area contributed by atoms with Crippen molar-refractivity contribution in [2.24, 2.45) is 5.73 Å². The third-order valence-corrected chi connectivity index (χ3v) is 3.26. The number of hydrogen-bond acceptors (Lipinski definition) is 2. The van der Waals surface area contributed by atoms with E-state index in [0.29, 0.717) is 24.9 Å². The van der Waals surface area contributed by atoms with E-state index in [0.717, 1.165) is 18.9 Å². The first-order valence-electron chi connectivity index (χ1n) is 6.55. The summed E-state index contributed by atoms with van der Waals surface area (Å²) in [5.74, 6) is -1.21. The number of carbonyl (C=O) groups excluding carboxylic acids is 1. The Kier molecular flexibility index (Phi) is 6.36. The second kappa shape index (κ2) is 7.55. The molecule has 2 N–H and O–H groups in total. The van der Waals surface area contributed by atoms with Crippen LogP contribution in [0.5, 0.6) is 0 Å². The van der Waals surface area contributed by atoms with Crippen LogP contribution in [0.3, 0.4) is 0 Å². The average Bonchev–Trinajstić information content (AvgIpc) is 3.19. The summed E-state index contributed by atoms with van der Waals surface area (Å²) in [6.07, 6.45) is 2.93. The molecule has 1 aliphatic rings. The van der Waals surface area contributed by atoms with Gasteiger partial charge < -0.3 is 10.6 Å². The van der Waals surface area contributed by atoms with Crippen LogP contribution in [-0.2, 0) is 11.3 Å². The average molecular weight is 305 g/mol. The molecule has 1 aromatic rings. The van der Waals surface area contributed by atoms with Crippen LogP contribution in [0.25, 0.3) is 0 Å². The van der Waals surface area contributed by atoms with Crippen LogP contribution in [0.15, 0.2) is 18.2 Å². The second-order valence-corrected chi connectivity index (χ2v) is 4.88. The van der Waals surface area contributed by atoms with Crippen molar-refractivity contribution in [2.75, 3.05) is 6.54 Å². The number of benzene rings is 1. The van der Waals surface area contributed by atoms with Crippen molar-refractivity contribution in [3.05, 3.63) is 35.4 Å². The molecule has 0 aliphatic heterocycles. The third-order valence-electron chi connectivity index (χ3n) is 3.26. The lowest BCUT2D eigenvalue weighted by Crippen LogP contribution is -2.33. The van der Waals surface area contributed by atoms with Gasteiger partial charge in [-0.2, -0.15) is 0 Å². The molecule has 3 nitrogen and oxygen atoms in total. The summed E-state index contributed by atoms with van der Waals surface area (Å²) < 4.78 is 26.5. The standard InChI is InChI=1S/C14H18F2N2O.ClH/c15-11-4-3-10(13(16)8-11)9-18(12-5-6-12)14(19)2-1-7-17;/h3-4,8,12H,1-2,5-7,9,17H2;1H. The summed E-state index contributed by atoms with van der Waals surface area (Å²) in [6, 6.07) is 3.67. The Hall–Kier alpha value is -1.20. The van der Waals surface area contributed by atoms with Crippen LogP contribution < -0.4 is 5.73 Å². The van der Waals surface area contributed by atoms with Crippen molar-refractivity contribution >= 4 is 18.3 Å². The van der Waals surface area contributed by atoms with Crippen LogP contribution in [0.1, 0.15) is 31.2 Å². The fourth-order valence-corrected chi connectivity index (χ4v) is 2.04. The Morgan fingerprint density at radius 1 is 1.35 bits per heavy atom.